The summed E-state index contributed by atoms with van der Waals surface area (Å²) in [5.41, 5.74) is 0.655. The number of nitrogens with zero attached hydrogens (tertiary/aromatic N) is 1. The molecule has 0 atom stereocenters. The van der Waals surface area contributed by atoms with Gasteiger partial charge in [-0.05, 0) is 6.07 Å². The Balaban J connectivity index is 2.63. The normalized spacial score (nSPS) is 10.8. The lowest BCUT2D eigenvalue weighted by Gasteiger charge is -2.10. The number of aromatic carboxylic acids is 1. The predicted octanol–water partition coefficient (Wildman–Crippen LogP) is 0.269. The summed E-state index contributed by atoms with van der Waals surface area (Å²) in [5.74, 6) is -1.06. The minimum atomic E-state index is -1.06. The Kier molecular flexibility index (Phi) is 3.61. The molecule has 0 saturated heterocycles. The van der Waals surface area contributed by atoms with Crippen LogP contribution in [0.5, 0.6) is 0 Å². The Hall–Kier alpha value is -1.40. The molecule has 6 nitrogen and oxygen atoms in total. The molecule has 78 valence electrons. The first-order valence-electron chi connectivity index (χ1n) is 4.00. The minimum absolute atomic E-state index is 0.00837. The highest BCUT2D eigenvalue weighted by molar-refractivity contribution is 5.85. The summed E-state index contributed by atoms with van der Waals surface area (Å²) in [6.45, 7) is 0. The number of methoxy groups -OCH3 is 2. The molecule has 0 aliphatic heterocycles. The topological polar surface area (TPSA) is 84.4 Å². The Morgan fingerprint density at radius 3 is 2.71 bits per heavy atom. The number of carboxylic acids is 1. The molecule has 0 amide bonds. The van der Waals surface area contributed by atoms with E-state index in [2.05, 4.69) is 10.2 Å². The highest BCUT2D eigenvalue weighted by Gasteiger charge is 2.12. The van der Waals surface area contributed by atoms with Gasteiger partial charge in [-0.1, -0.05) is 0 Å². The van der Waals surface area contributed by atoms with Crippen LogP contribution < -0.4 is 0 Å². The molecule has 14 heavy (non-hydrogen) atoms. The van der Waals surface area contributed by atoms with Crippen LogP contribution in [0.3, 0.4) is 0 Å². The predicted molar refractivity (Wildman–Crippen MR) is 47.1 cm³/mol. The SMILES string of the molecule is COC(Cc1cc(C(=O)O)n[nH]1)OC. The van der Waals surface area contributed by atoms with Crippen LogP contribution in [0.1, 0.15) is 16.2 Å². The van der Waals surface area contributed by atoms with Crippen molar-refractivity contribution >= 4 is 5.97 Å². The van der Waals surface area contributed by atoms with Crippen LogP contribution in [0.4, 0.5) is 0 Å². The zero-order chi connectivity index (χ0) is 10.6. The van der Waals surface area contributed by atoms with E-state index in [1.807, 2.05) is 0 Å². The van der Waals surface area contributed by atoms with Crippen molar-refractivity contribution in [2.75, 3.05) is 14.2 Å². The Bertz CT molecular complexity index is 306. The van der Waals surface area contributed by atoms with Crippen LogP contribution in [-0.4, -0.2) is 41.8 Å². The second kappa shape index (κ2) is 4.73. The van der Waals surface area contributed by atoms with E-state index in [-0.39, 0.29) is 5.69 Å². The molecule has 1 heterocycles. The van der Waals surface area contributed by atoms with Crippen molar-refractivity contribution in [3.63, 3.8) is 0 Å². The number of carboxylic acid groups (broad SMARTS) is 1. The molecule has 0 bridgehead atoms. The average molecular weight is 200 g/mol. The van der Waals surface area contributed by atoms with E-state index < -0.39 is 12.3 Å². The fourth-order valence-electron chi connectivity index (χ4n) is 1.02. The summed E-state index contributed by atoms with van der Waals surface area (Å²) in [5, 5.41) is 14.8. The second-order valence-electron chi connectivity index (χ2n) is 2.69. The Morgan fingerprint density at radius 2 is 2.29 bits per heavy atom. The van der Waals surface area contributed by atoms with Gasteiger partial charge in [0.15, 0.2) is 12.0 Å². The zero-order valence-electron chi connectivity index (χ0n) is 7.98. The first-order valence-corrected chi connectivity index (χ1v) is 4.00. The molecule has 0 radical (unpaired) electrons. The maximum Gasteiger partial charge on any atom is 0.356 e. The summed E-state index contributed by atoms with van der Waals surface area (Å²) in [4.78, 5) is 10.5. The van der Waals surface area contributed by atoms with Crippen LogP contribution in [0.25, 0.3) is 0 Å². The van der Waals surface area contributed by atoms with E-state index in [0.717, 1.165) is 0 Å². The quantitative estimate of drug-likeness (QED) is 0.666. The molecule has 0 aromatic carbocycles. The molecule has 1 rings (SSSR count). The molecular formula is C8H12N2O4. The van der Waals surface area contributed by atoms with Crippen molar-refractivity contribution in [3.8, 4) is 0 Å². The number of hydrogen-bond acceptors (Lipinski definition) is 4. The van der Waals surface area contributed by atoms with Crippen molar-refractivity contribution in [3.05, 3.63) is 17.5 Å². The molecule has 1 aromatic rings. The minimum Gasteiger partial charge on any atom is -0.476 e. The van der Waals surface area contributed by atoms with Crippen LogP contribution in [-0.2, 0) is 15.9 Å². The van der Waals surface area contributed by atoms with Gasteiger partial charge in [-0.2, -0.15) is 5.10 Å². The van der Waals surface area contributed by atoms with E-state index in [0.29, 0.717) is 12.1 Å². The number of carbonyl (C=O) groups is 1. The molecule has 0 spiro atoms. The lowest BCUT2D eigenvalue weighted by atomic mass is 10.3. The number of ether oxygens (including phenoxy) is 2. The Morgan fingerprint density at radius 1 is 1.64 bits per heavy atom. The molecule has 0 aliphatic carbocycles. The number of aromatic amines is 1. The maximum absolute atomic E-state index is 10.5. The van der Waals surface area contributed by atoms with Gasteiger partial charge in [-0.15, -0.1) is 0 Å². The number of hydrogen-bond donors (Lipinski definition) is 2. The first-order chi connectivity index (χ1) is 6.67. The molecular weight excluding hydrogens is 188 g/mol. The summed E-state index contributed by atoms with van der Waals surface area (Å²) in [7, 11) is 3.03. The smallest absolute Gasteiger partial charge is 0.356 e. The van der Waals surface area contributed by atoms with Crippen molar-refractivity contribution in [1.29, 1.82) is 0 Å². The fraction of sp³-hybridized carbons (Fsp3) is 0.500. The third-order valence-corrected chi connectivity index (χ3v) is 1.76. The third-order valence-electron chi connectivity index (χ3n) is 1.76. The maximum atomic E-state index is 10.5. The lowest BCUT2D eigenvalue weighted by Crippen LogP contribution is -2.16. The lowest BCUT2D eigenvalue weighted by molar-refractivity contribution is -0.101. The van der Waals surface area contributed by atoms with Crippen LogP contribution in [0, 0.1) is 0 Å². The van der Waals surface area contributed by atoms with Gasteiger partial charge in [0.1, 0.15) is 0 Å². The van der Waals surface area contributed by atoms with Crippen LogP contribution in [0.15, 0.2) is 6.07 Å². The third kappa shape index (κ3) is 2.54. The van der Waals surface area contributed by atoms with Gasteiger partial charge in [0.25, 0.3) is 0 Å². The van der Waals surface area contributed by atoms with Gasteiger partial charge in [0.05, 0.1) is 0 Å². The van der Waals surface area contributed by atoms with Crippen molar-refractivity contribution in [1.82, 2.24) is 10.2 Å². The largest absolute Gasteiger partial charge is 0.476 e. The van der Waals surface area contributed by atoms with Crippen LogP contribution >= 0.6 is 0 Å². The molecule has 2 N–H and O–H groups in total. The van der Waals surface area contributed by atoms with E-state index in [1.54, 1.807) is 0 Å². The van der Waals surface area contributed by atoms with Gasteiger partial charge >= 0.3 is 5.97 Å². The monoisotopic (exact) mass is 200 g/mol. The molecule has 6 heteroatoms. The molecule has 0 unspecified atom stereocenters. The van der Waals surface area contributed by atoms with Gasteiger partial charge in [0, 0.05) is 26.3 Å². The van der Waals surface area contributed by atoms with Gasteiger partial charge < -0.3 is 14.6 Å². The van der Waals surface area contributed by atoms with Crippen molar-refractivity contribution in [2.45, 2.75) is 12.7 Å². The summed E-state index contributed by atoms with van der Waals surface area (Å²) < 4.78 is 9.91. The van der Waals surface area contributed by atoms with E-state index in [4.69, 9.17) is 14.6 Å². The molecule has 0 aliphatic rings. The van der Waals surface area contributed by atoms with Gasteiger partial charge in [0.2, 0.25) is 0 Å². The number of rotatable bonds is 5. The molecule has 0 fully saturated rings. The van der Waals surface area contributed by atoms with E-state index in [1.165, 1.54) is 20.3 Å². The molecule has 0 saturated carbocycles. The standard InChI is InChI=1S/C8H12N2O4/c1-13-7(14-2)4-5-3-6(8(11)12)10-9-5/h3,7H,4H2,1-2H3,(H,9,10)(H,11,12). The highest BCUT2D eigenvalue weighted by Crippen LogP contribution is 2.05. The second-order valence-corrected chi connectivity index (χ2v) is 2.69. The number of aromatic nitrogens is 2. The van der Waals surface area contributed by atoms with Gasteiger partial charge in [-0.25, -0.2) is 4.79 Å². The van der Waals surface area contributed by atoms with E-state index in [9.17, 15) is 4.79 Å². The number of nitrogens with one attached hydrogen (secondary N) is 1. The summed E-state index contributed by atoms with van der Waals surface area (Å²) in [6, 6.07) is 1.45. The fourth-order valence-corrected chi connectivity index (χ4v) is 1.02. The highest BCUT2D eigenvalue weighted by atomic mass is 16.7. The van der Waals surface area contributed by atoms with E-state index >= 15 is 0 Å². The Labute approximate surface area is 80.8 Å². The van der Waals surface area contributed by atoms with Crippen molar-refractivity contribution in [2.24, 2.45) is 0 Å². The average Bonchev–Trinajstić information content (AvgIpc) is 2.62. The first kappa shape index (κ1) is 10.7. The molecule has 1 aromatic heterocycles. The number of H-pyrrole nitrogens is 1. The summed E-state index contributed by atoms with van der Waals surface area (Å²) in [6.07, 6.45) is 0.0462. The zero-order valence-corrected chi connectivity index (χ0v) is 7.98. The van der Waals surface area contributed by atoms with Crippen LogP contribution in [0.2, 0.25) is 0 Å². The van der Waals surface area contributed by atoms with Gasteiger partial charge in [-0.3, -0.25) is 5.10 Å². The summed E-state index contributed by atoms with van der Waals surface area (Å²) >= 11 is 0. The van der Waals surface area contributed by atoms with Crippen molar-refractivity contribution < 1.29 is 19.4 Å².